The van der Waals surface area contributed by atoms with Crippen LogP contribution in [0.3, 0.4) is 0 Å². The van der Waals surface area contributed by atoms with Crippen LogP contribution in [0, 0.1) is 0 Å². The highest BCUT2D eigenvalue weighted by molar-refractivity contribution is 5.27. The fourth-order valence-electron chi connectivity index (χ4n) is 2.09. The largest absolute Gasteiger partial charge is 0.497 e. The third-order valence-corrected chi connectivity index (χ3v) is 3.22. The van der Waals surface area contributed by atoms with Crippen LogP contribution < -0.4 is 10.1 Å². The topological polar surface area (TPSA) is 21.3 Å². The summed E-state index contributed by atoms with van der Waals surface area (Å²) >= 11 is 0. The van der Waals surface area contributed by atoms with Crippen molar-refractivity contribution in [3.63, 3.8) is 0 Å². The van der Waals surface area contributed by atoms with Gasteiger partial charge in [0.2, 0.25) is 0 Å². The summed E-state index contributed by atoms with van der Waals surface area (Å²) in [7, 11) is 1.70. The maximum absolute atomic E-state index is 5.16. The summed E-state index contributed by atoms with van der Waals surface area (Å²) in [5.41, 5.74) is 1.37. The Morgan fingerprint density at radius 3 is 2.44 bits per heavy atom. The zero-order valence-electron chi connectivity index (χ0n) is 12.0. The van der Waals surface area contributed by atoms with Crippen molar-refractivity contribution in [3.05, 3.63) is 29.8 Å². The van der Waals surface area contributed by atoms with Gasteiger partial charge >= 0.3 is 0 Å². The van der Waals surface area contributed by atoms with Gasteiger partial charge in [-0.05, 0) is 44.0 Å². The minimum absolute atomic E-state index is 0.542. The molecule has 0 radical (unpaired) electrons. The normalized spacial score (nSPS) is 12.4. The molecule has 0 bridgehead atoms. The lowest BCUT2D eigenvalue weighted by Crippen LogP contribution is -2.28. The first kappa shape index (κ1) is 15.0. The number of hydrogen-bond acceptors (Lipinski definition) is 2. The van der Waals surface area contributed by atoms with Crippen molar-refractivity contribution in [2.45, 2.75) is 52.0 Å². The fraction of sp³-hybridized carbons (Fsp3) is 0.625. The summed E-state index contributed by atoms with van der Waals surface area (Å²) in [5, 5.41) is 3.59. The smallest absolute Gasteiger partial charge is 0.118 e. The summed E-state index contributed by atoms with van der Waals surface area (Å²) in [6, 6.07) is 8.90. The Morgan fingerprint density at radius 1 is 1.11 bits per heavy atom. The van der Waals surface area contributed by atoms with Crippen molar-refractivity contribution in [2.75, 3.05) is 13.7 Å². The Balaban J connectivity index is 2.20. The van der Waals surface area contributed by atoms with Gasteiger partial charge in [0.1, 0.15) is 5.75 Å². The van der Waals surface area contributed by atoms with Crippen LogP contribution in [0.25, 0.3) is 0 Å². The second-order valence-corrected chi connectivity index (χ2v) is 4.97. The Kier molecular flexibility index (Phi) is 7.51. The van der Waals surface area contributed by atoms with Crippen LogP contribution in [0.4, 0.5) is 0 Å². The van der Waals surface area contributed by atoms with Gasteiger partial charge in [0, 0.05) is 6.04 Å². The van der Waals surface area contributed by atoms with Gasteiger partial charge in [0.05, 0.1) is 7.11 Å². The third kappa shape index (κ3) is 6.06. The van der Waals surface area contributed by atoms with Crippen molar-refractivity contribution < 1.29 is 4.74 Å². The number of methoxy groups -OCH3 is 1. The number of rotatable bonds is 9. The van der Waals surface area contributed by atoms with Crippen molar-refractivity contribution in [2.24, 2.45) is 0 Å². The summed E-state index contributed by atoms with van der Waals surface area (Å²) in [6.45, 7) is 5.64. The molecule has 0 aliphatic rings. The number of hydrogen-bond donors (Lipinski definition) is 1. The van der Waals surface area contributed by atoms with Crippen LogP contribution in [0.1, 0.15) is 45.1 Å². The summed E-state index contributed by atoms with van der Waals surface area (Å²) in [6.07, 6.45) is 6.38. The summed E-state index contributed by atoms with van der Waals surface area (Å²) in [4.78, 5) is 0. The highest BCUT2D eigenvalue weighted by atomic mass is 16.5. The number of unbranched alkanes of at least 4 members (excludes halogenated alkanes) is 3. The quantitative estimate of drug-likeness (QED) is 0.672. The van der Waals surface area contributed by atoms with Gasteiger partial charge in [-0.2, -0.15) is 0 Å². The van der Waals surface area contributed by atoms with Crippen molar-refractivity contribution in [1.29, 1.82) is 0 Å². The molecule has 0 aliphatic carbocycles. The van der Waals surface area contributed by atoms with E-state index in [-0.39, 0.29) is 0 Å². The predicted octanol–water partition coefficient (Wildman–Crippen LogP) is 3.80. The van der Waals surface area contributed by atoms with Crippen molar-refractivity contribution >= 4 is 0 Å². The van der Waals surface area contributed by atoms with Crippen LogP contribution in [-0.4, -0.2) is 19.7 Å². The molecule has 0 saturated carbocycles. The second kappa shape index (κ2) is 8.98. The first-order chi connectivity index (χ1) is 8.76. The molecule has 0 aliphatic heterocycles. The molecule has 2 heteroatoms. The molecule has 0 fully saturated rings. The van der Waals surface area contributed by atoms with E-state index >= 15 is 0 Å². The SMILES string of the molecule is CCCCCCNC(C)Cc1ccc(OC)cc1. The first-order valence-electron chi connectivity index (χ1n) is 7.12. The van der Waals surface area contributed by atoms with Gasteiger partial charge in [0.15, 0.2) is 0 Å². The lowest BCUT2D eigenvalue weighted by Gasteiger charge is -2.14. The molecule has 2 nitrogen and oxygen atoms in total. The van der Waals surface area contributed by atoms with E-state index in [4.69, 9.17) is 4.74 Å². The van der Waals surface area contributed by atoms with E-state index in [0.717, 1.165) is 18.7 Å². The Labute approximate surface area is 112 Å². The Hall–Kier alpha value is -1.02. The number of benzene rings is 1. The second-order valence-electron chi connectivity index (χ2n) is 4.97. The molecule has 1 N–H and O–H groups in total. The van der Waals surface area contributed by atoms with Crippen molar-refractivity contribution in [3.8, 4) is 5.75 Å². The number of ether oxygens (including phenoxy) is 1. The maximum atomic E-state index is 5.16. The molecule has 18 heavy (non-hydrogen) atoms. The molecule has 0 amide bonds. The molecular weight excluding hydrogens is 222 g/mol. The highest BCUT2D eigenvalue weighted by Gasteiger charge is 2.02. The Bertz CT molecular complexity index is 307. The lowest BCUT2D eigenvalue weighted by atomic mass is 10.1. The van der Waals surface area contributed by atoms with Gasteiger partial charge in [-0.1, -0.05) is 38.3 Å². The van der Waals surface area contributed by atoms with E-state index in [2.05, 4.69) is 31.3 Å². The average molecular weight is 249 g/mol. The van der Waals surface area contributed by atoms with Crippen LogP contribution in [0.15, 0.2) is 24.3 Å². The number of nitrogens with one attached hydrogen (secondary N) is 1. The minimum atomic E-state index is 0.542. The van der Waals surface area contributed by atoms with E-state index in [1.54, 1.807) is 7.11 Å². The molecule has 0 aromatic heterocycles. The van der Waals surface area contributed by atoms with Crippen molar-refractivity contribution in [1.82, 2.24) is 5.32 Å². The zero-order valence-corrected chi connectivity index (χ0v) is 12.0. The summed E-state index contributed by atoms with van der Waals surface area (Å²) in [5.74, 6) is 0.930. The first-order valence-corrected chi connectivity index (χ1v) is 7.12. The molecule has 102 valence electrons. The third-order valence-electron chi connectivity index (χ3n) is 3.22. The molecule has 0 heterocycles. The molecule has 1 rings (SSSR count). The van der Waals surface area contributed by atoms with Crippen LogP contribution >= 0.6 is 0 Å². The van der Waals surface area contributed by atoms with Crippen LogP contribution in [-0.2, 0) is 6.42 Å². The van der Waals surface area contributed by atoms with Gasteiger partial charge in [-0.25, -0.2) is 0 Å². The average Bonchev–Trinajstić information content (AvgIpc) is 2.39. The maximum Gasteiger partial charge on any atom is 0.118 e. The van der Waals surface area contributed by atoms with E-state index in [0.29, 0.717) is 6.04 Å². The van der Waals surface area contributed by atoms with Gasteiger partial charge in [0.25, 0.3) is 0 Å². The monoisotopic (exact) mass is 249 g/mol. The fourth-order valence-corrected chi connectivity index (χ4v) is 2.09. The summed E-state index contributed by atoms with van der Waals surface area (Å²) < 4.78 is 5.16. The Morgan fingerprint density at radius 2 is 1.83 bits per heavy atom. The van der Waals surface area contributed by atoms with Gasteiger partial charge in [-0.15, -0.1) is 0 Å². The molecule has 1 atom stereocenters. The van der Waals surface area contributed by atoms with Crippen LogP contribution in [0.2, 0.25) is 0 Å². The minimum Gasteiger partial charge on any atom is -0.497 e. The van der Waals surface area contributed by atoms with E-state index < -0.39 is 0 Å². The molecule has 0 spiro atoms. The lowest BCUT2D eigenvalue weighted by molar-refractivity contribution is 0.414. The van der Waals surface area contributed by atoms with Gasteiger partial charge < -0.3 is 10.1 Å². The highest BCUT2D eigenvalue weighted by Crippen LogP contribution is 2.12. The molecule has 1 aromatic rings. The molecule has 1 aromatic carbocycles. The standard InChI is InChI=1S/C16H27NO/c1-4-5-6-7-12-17-14(2)13-15-8-10-16(18-3)11-9-15/h8-11,14,17H,4-7,12-13H2,1-3H3. The van der Waals surface area contributed by atoms with Gasteiger partial charge in [-0.3, -0.25) is 0 Å². The van der Waals surface area contributed by atoms with E-state index in [1.165, 1.54) is 31.2 Å². The predicted molar refractivity (Wildman–Crippen MR) is 78.3 cm³/mol. The van der Waals surface area contributed by atoms with E-state index in [9.17, 15) is 0 Å². The zero-order chi connectivity index (χ0) is 13.2. The molecule has 1 unspecified atom stereocenters. The molecular formula is C16H27NO. The molecule has 0 saturated heterocycles. The van der Waals surface area contributed by atoms with Crippen LogP contribution in [0.5, 0.6) is 5.75 Å². The van der Waals surface area contributed by atoms with E-state index in [1.807, 2.05) is 12.1 Å².